The zero-order valence-corrected chi connectivity index (χ0v) is 18.5. The van der Waals surface area contributed by atoms with E-state index in [0.717, 1.165) is 32.6 Å². The summed E-state index contributed by atoms with van der Waals surface area (Å²) in [7, 11) is 2.05. The zero-order valence-electron chi connectivity index (χ0n) is 16.1. The molecule has 3 rings (SSSR count). The van der Waals surface area contributed by atoms with Gasteiger partial charge in [-0.15, -0.1) is 24.0 Å². The van der Waals surface area contributed by atoms with Crippen LogP contribution in [0, 0.1) is 0 Å². The number of rotatable bonds is 9. The summed E-state index contributed by atoms with van der Waals surface area (Å²) in [5, 5.41) is 0. The van der Waals surface area contributed by atoms with Crippen molar-refractivity contribution in [3.8, 4) is 0 Å². The molecule has 1 saturated carbocycles. The molecule has 0 radical (unpaired) electrons. The van der Waals surface area contributed by atoms with Crippen molar-refractivity contribution in [1.82, 2.24) is 9.80 Å². The predicted molar refractivity (Wildman–Crippen MR) is 124 cm³/mol. The summed E-state index contributed by atoms with van der Waals surface area (Å²) in [4.78, 5) is 9.17. The van der Waals surface area contributed by atoms with E-state index < -0.39 is 0 Å². The second-order valence-corrected chi connectivity index (χ2v) is 7.12. The summed E-state index contributed by atoms with van der Waals surface area (Å²) >= 11 is 0. The van der Waals surface area contributed by atoms with Gasteiger partial charge in [0, 0.05) is 39.3 Å². The zero-order chi connectivity index (χ0) is 18.2. The van der Waals surface area contributed by atoms with Gasteiger partial charge < -0.3 is 10.6 Å². The molecule has 0 bridgehead atoms. The monoisotopic (exact) mass is 478 g/mol. The molecule has 5 heteroatoms. The fourth-order valence-corrected chi connectivity index (χ4v) is 3.15. The van der Waals surface area contributed by atoms with Crippen molar-refractivity contribution in [3.05, 3.63) is 71.8 Å². The molecule has 2 aromatic rings. The van der Waals surface area contributed by atoms with E-state index >= 15 is 0 Å². The van der Waals surface area contributed by atoms with Crippen LogP contribution in [0.4, 0.5) is 0 Å². The second kappa shape index (κ2) is 11.3. The van der Waals surface area contributed by atoms with Crippen molar-refractivity contribution in [3.63, 3.8) is 0 Å². The maximum atomic E-state index is 6.08. The van der Waals surface area contributed by atoms with Crippen molar-refractivity contribution >= 4 is 29.9 Å². The minimum Gasteiger partial charge on any atom is -0.370 e. The normalized spacial score (nSPS) is 14.1. The fourth-order valence-electron chi connectivity index (χ4n) is 3.15. The lowest BCUT2D eigenvalue weighted by Gasteiger charge is -2.22. The Kier molecular flexibility index (Phi) is 9.07. The van der Waals surface area contributed by atoms with Crippen molar-refractivity contribution < 1.29 is 0 Å². The van der Waals surface area contributed by atoms with Crippen LogP contribution < -0.4 is 5.73 Å². The summed E-state index contributed by atoms with van der Waals surface area (Å²) in [6.07, 6.45) is 3.50. The maximum absolute atomic E-state index is 6.08. The molecule has 1 aliphatic carbocycles. The topological polar surface area (TPSA) is 44.9 Å². The number of nitrogens with zero attached hydrogens (tertiary/aromatic N) is 3. The van der Waals surface area contributed by atoms with Gasteiger partial charge in [-0.1, -0.05) is 60.7 Å². The third-order valence-electron chi connectivity index (χ3n) is 4.86. The van der Waals surface area contributed by atoms with Gasteiger partial charge in [0.2, 0.25) is 0 Å². The number of benzene rings is 2. The van der Waals surface area contributed by atoms with Gasteiger partial charge in [-0.05, 0) is 30.4 Å². The Labute approximate surface area is 180 Å². The van der Waals surface area contributed by atoms with Crippen LogP contribution in [0.15, 0.2) is 65.7 Å². The van der Waals surface area contributed by atoms with Gasteiger partial charge in [-0.2, -0.15) is 0 Å². The third-order valence-corrected chi connectivity index (χ3v) is 4.86. The van der Waals surface area contributed by atoms with Gasteiger partial charge in [0.25, 0.3) is 0 Å². The van der Waals surface area contributed by atoms with E-state index in [1.165, 1.54) is 24.0 Å². The Morgan fingerprint density at radius 2 is 1.48 bits per heavy atom. The molecular weight excluding hydrogens is 447 g/mol. The molecule has 0 atom stereocenters. The highest BCUT2D eigenvalue weighted by molar-refractivity contribution is 14.0. The SMILES string of the molecule is CN(C(N)=NCCCN(Cc1ccccc1)Cc1ccccc1)C1CC1.I. The number of aliphatic imine (C=N–C) groups is 1. The van der Waals surface area contributed by atoms with E-state index in [1.54, 1.807) is 0 Å². The highest BCUT2D eigenvalue weighted by atomic mass is 127. The second-order valence-electron chi connectivity index (χ2n) is 7.12. The van der Waals surface area contributed by atoms with Gasteiger partial charge in [-0.3, -0.25) is 9.89 Å². The average Bonchev–Trinajstić information content (AvgIpc) is 3.51. The van der Waals surface area contributed by atoms with E-state index in [0.29, 0.717) is 12.0 Å². The number of halogens is 1. The van der Waals surface area contributed by atoms with Crippen LogP contribution in [0.5, 0.6) is 0 Å². The molecule has 2 N–H and O–H groups in total. The summed E-state index contributed by atoms with van der Waals surface area (Å²) < 4.78 is 0. The Morgan fingerprint density at radius 1 is 0.963 bits per heavy atom. The quantitative estimate of drug-likeness (QED) is 0.256. The molecular formula is C22H31IN4. The summed E-state index contributed by atoms with van der Waals surface area (Å²) in [5.41, 5.74) is 8.78. The molecule has 0 amide bonds. The minimum atomic E-state index is 0. The van der Waals surface area contributed by atoms with E-state index in [1.807, 2.05) is 7.05 Å². The van der Waals surface area contributed by atoms with Gasteiger partial charge in [-0.25, -0.2) is 0 Å². The molecule has 146 valence electrons. The number of hydrogen-bond acceptors (Lipinski definition) is 2. The van der Waals surface area contributed by atoms with Crippen molar-refractivity contribution in [1.29, 1.82) is 0 Å². The first-order valence-corrected chi connectivity index (χ1v) is 9.55. The van der Waals surface area contributed by atoms with Crippen LogP contribution in [0.1, 0.15) is 30.4 Å². The fraction of sp³-hybridized carbons (Fsp3) is 0.409. The van der Waals surface area contributed by atoms with Crippen molar-refractivity contribution in [2.24, 2.45) is 10.7 Å². The summed E-state index contributed by atoms with van der Waals surface area (Å²) in [5.74, 6) is 0.685. The van der Waals surface area contributed by atoms with Crippen LogP contribution in [0.25, 0.3) is 0 Å². The highest BCUT2D eigenvalue weighted by Gasteiger charge is 2.27. The molecule has 0 aliphatic heterocycles. The molecule has 0 spiro atoms. The lowest BCUT2D eigenvalue weighted by molar-refractivity contribution is 0.255. The first-order valence-electron chi connectivity index (χ1n) is 9.55. The highest BCUT2D eigenvalue weighted by Crippen LogP contribution is 2.24. The molecule has 0 saturated heterocycles. The molecule has 0 heterocycles. The van der Waals surface area contributed by atoms with Crippen molar-refractivity contribution in [2.45, 2.75) is 38.4 Å². The van der Waals surface area contributed by atoms with Crippen LogP contribution in [-0.4, -0.2) is 41.9 Å². The number of guanidine groups is 1. The lowest BCUT2D eigenvalue weighted by atomic mass is 10.1. The van der Waals surface area contributed by atoms with Crippen LogP contribution in [0.2, 0.25) is 0 Å². The number of nitrogens with two attached hydrogens (primary N) is 1. The Balaban J connectivity index is 0.00000261. The molecule has 4 nitrogen and oxygen atoms in total. The van der Waals surface area contributed by atoms with Crippen LogP contribution in [0.3, 0.4) is 0 Å². The van der Waals surface area contributed by atoms with E-state index in [-0.39, 0.29) is 24.0 Å². The Hall–Kier alpha value is -1.60. The Bertz CT molecular complexity index is 644. The van der Waals surface area contributed by atoms with E-state index in [2.05, 4.69) is 75.5 Å². The molecule has 27 heavy (non-hydrogen) atoms. The van der Waals surface area contributed by atoms with Gasteiger partial charge in [0.15, 0.2) is 5.96 Å². The maximum Gasteiger partial charge on any atom is 0.191 e. The number of hydrogen-bond donors (Lipinski definition) is 1. The van der Waals surface area contributed by atoms with Gasteiger partial charge >= 0.3 is 0 Å². The predicted octanol–water partition coefficient (Wildman–Crippen LogP) is 4.11. The lowest BCUT2D eigenvalue weighted by Crippen LogP contribution is -2.36. The van der Waals surface area contributed by atoms with Crippen molar-refractivity contribution in [2.75, 3.05) is 20.1 Å². The molecule has 0 unspecified atom stereocenters. The third kappa shape index (κ3) is 7.50. The molecule has 1 aliphatic rings. The van der Waals surface area contributed by atoms with Crippen LogP contribution >= 0.6 is 24.0 Å². The summed E-state index contributed by atoms with van der Waals surface area (Å²) in [6.45, 7) is 3.70. The standard InChI is InChI=1S/C22H30N4.HI/c1-25(21-13-14-21)22(23)24-15-8-16-26(17-19-9-4-2-5-10-19)18-20-11-6-3-7-12-20;/h2-7,9-12,21H,8,13-18H2,1H3,(H2,23,24);1H. The molecule has 1 fully saturated rings. The summed E-state index contributed by atoms with van der Waals surface area (Å²) in [6, 6.07) is 22.0. The van der Waals surface area contributed by atoms with Crippen LogP contribution in [-0.2, 0) is 13.1 Å². The first-order chi connectivity index (χ1) is 12.7. The smallest absolute Gasteiger partial charge is 0.191 e. The van der Waals surface area contributed by atoms with Gasteiger partial charge in [0.05, 0.1) is 0 Å². The molecule has 2 aromatic carbocycles. The van der Waals surface area contributed by atoms with E-state index in [4.69, 9.17) is 5.73 Å². The first kappa shape index (κ1) is 21.7. The largest absolute Gasteiger partial charge is 0.370 e. The minimum absolute atomic E-state index is 0. The Morgan fingerprint density at radius 3 is 1.96 bits per heavy atom. The van der Waals surface area contributed by atoms with E-state index in [9.17, 15) is 0 Å². The average molecular weight is 478 g/mol. The van der Waals surface area contributed by atoms with Gasteiger partial charge in [0.1, 0.15) is 0 Å². The molecule has 0 aromatic heterocycles.